The van der Waals surface area contributed by atoms with E-state index in [1.807, 2.05) is 5.92 Å². The summed E-state index contributed by atoms with van der Waals surface area (Å²) in [5, 5.41) is 20.5. The van der Waals surface area contributed by atoms with Crippen molar-refractivity contribution in [3.05, 3.63) is 16.7 Å². The lowest BCUT2D eigenvalue weighted by Crippen LogP contribution is -2.33. The number of hydrogen-bond donors (Lipinski definition) is 6. The van der Waals surface area contributed by atoms with Crippen molar-refractivity contribution >= 4 is 32.5 Å². The third-order valence-electron chi connectivity index (χ3n) is 3.99. The second-order valence-electron chi connectivity index (χ2n) is 6.17. The molecule has 0 radical (unpaired) electrons. The number of phosphoric acid groups is 1. The number of aliphatic hydroxyl groups is 2. The van der Waals surface area contributed by atoms with Crippen LogP contribution in [0.4, 0.5) is 5.95 Å². The maximum atomic E-state index is 11.9. The number of nitrogens with two attached hydrogens (primary N) is 1. The predicted molar refractivity (Wildman–Crippen MR) is 98.9 cm³/mol. The highest BCUT2D eigenvalue weighted by Crippen LogP contribution is 2.59. The van der Waals surface area contributed by atoms with Crippen LogP contribution >= 0.6 is 15.4 Å². The van der Waals surface area contributed by atoms with Gasteiger partial charge in [-0.15, -0.1) is 6.42 Å². The van der Waals surface area contributed by atoms with Crippen LogP contribution in [0, 0.1) is 12.3 Å². The Bertz CT molecular complexity index is 1140. The number of aromatic amines is 1. The average molecular weight is 465 g/mol. The number of rotatable bonds is 7. The van der Waals surface area contributed by atoms with E-state index >= 15 is 0 Å². The van der Waals surface area contributed by atoms with Crippen molar-refractivity contribution in [2.24, 2.45) is 0 Å². The largest absolute Gasteiger partial charge is 0.479 e. The molecule has 3 rings (SSSR count). The van der Waals surface area contributed by atoms with Gasteiger partial charge in [-0.1, -0.05) is 5.92 Å². The topological polar surface area (TPSA) is 232 Å². The van der Waals surface area contributed by atoms with Crippen molar-refractivity contribution in [3.63, 3.8) is 0 Å². The lowest BCUT2D eigenvalue weighted by Gasteiger charge is -2.18. The Morgan fingerprint density at radius 1 is 1.37 bits per heavy atom. The number of nitrogens with one attached hydrogen (secondary N) is 1. The van der Waals surface area contributed by atoms with Crippen molar-refractivity contribution < 1.29 is 42.7 Å². The van der Waals surface area contributed by atoms with Gasteiger partial charge in [-0.05, 0) is 0 Å². The van der Waals surface area contributed by atoms with Crippen LogP contribution in [0.25, 0.3) is 11.2 Å². The minimum absolute atomic E-state index is 0.0410. The van der Waals surface area contributed by atoms with Gasteiger partial charge in [0.15, 0.2) is 17.4 Å². The molecule has 2 aromatic heterocycles. The average Bonchev–Trinajstić information content (AvgIpc) is 3.14. The van der Waals surface area contributed by atoms with Crippen LogP contribution in [0.2, 0.25) is 0 Å². The van der Waals surface area contributed by atoms with Gasteiger partial charge in [-0.2, -0.15) is 4.98 Å². The number of fused-ring (bicyclic) bond motifs is 1. The molecule has 17 heteroatoms. The Hall–Kier alpha value is -2.11. The van der Waals surface area contributed by atoms with Crippen LogP contribution < -0.4 is 11.3 Å². The number of imidazole rings is 1. The molecule has 0 spiro atoms. The monoisotopic (exact) mass is 465 g/mol. The second-order valence-corrected chi connectivity index (χ2v) is 9.61. The number of terminal acetylenes is 1. The standard InChI is InChI=1S/C13H17N5O10P2/c1-2-3-29(22,23)28-30(24,25)26-4-6-8(19)9(20)12(27-6)18-5-15-7-10(18)16-13(14)17-11(7)21/h1,5-6,8-9,12,19-20H,3-4H2,(H,22,23)(H,24,25)(H3,14,16,17,21). The van der Waals surface area contributed by atoms with E-state index in [1.54, 1.807) is 0 Å². The molecule has 6 atom stereocenters. The van der Waals surface area contributed by atoms with Crippen molar-refractivity contribution in [1.82, 2.24) is 19.5 Å². The van der Waals surface area contributed by atoms with E-state index in [1.165, 1.54) is 0 Å². The molecule has 1 aliphatic rings. The van der Waals surface area contributed by atoms with Gasteiger partial charge in [0.2, 0.25) is 5.95 Å². The zero-order valence-corrected chi connectivity index (χ0v) is 16.7. The summed E-state index contributed by atoms with van der Waals surface area (Å²) in [6.45, 7) is -0.804. The normalized spacial score (nSPS) is 28.1. The fourth-order valence-electron chi connectivity index (χ4n) is 2.72. The van der Waals surface area contributed by atoms with Crippen molar-refractivity contribution in [2.45, 2.75) is 24.5 Å². The lowest BCUT2D eigenvalue weighted by atomic mass is 10.1. The van der Waals surface area contributed by atoms with E-state index in [4.69, 9.17) is 16.9 Å². The molecule has 0 bridgehead atoms. The molecular formula is C13H17N5O10P2. The molecule has 15 nitrogen and oxygen atoms in total. The van der Waals surface area contributed by atoms with E-state index in [-0.39, 0.29) is 17.1 Å². The number of H-pyrrole nitrogens is 1. The Morgan fingerprint density at radius 2 is 2.07 bits per heavy atom. The summed E-state index contributed by atoms with van der Waals surface area (Å²) in [7, 11) is -9.63. The summed E-state index contributed by atoms with van der Waals surface area (Å²) in [4.78, 5) is 40.8. The molecule has 6 unspecified atom stereocenters. The van der Waals surface area contributed by atoms with E-state index in [2.05, 4.69) is 23.8 Å². The minimum Gasteiger partial charge on any atom is -0.387 e. The maximum Gasteiger partial charge on any atom is 0.479 e. The fourth-order valence-corrected chi connectivity index (χ4v) is 5.00. The number of anilines is 1. The lowest BCUT2D eigenvalue weighted by molar-refractivity contribution is -0.0501. The molecule has 7 N–H and O–H groups in total. The highest BCUT2D eigenvalue weighted by molar-refractivity contribution is 7.64. The van der Waals surface area contributed by atoms with Crippen molar-refractivity contribution in [1.29, 1.82) is 0 Å². The summed E-state index contributed by atoms with van der Waals surface area (Å²) in [6, 6.07) is 0. The number of ether oxygens (including phenoxy) is 1. The Kier molecular flexibility index (Phi) is 6.17. The summed E-state index contributed by atoms with van der Waals surface area (Å²) >= 11 is 0. The first-order valence-corrected chi connectivity index (χ1v) is 11.4. The number of nitrogen functional groups attached to an aromatic ring is 1. The van der Waals surface area contributed by atoms with Crippen molar-refractivity contribution in [2.75, 3.05) is 18.5 Å². The molecule has 1 fully saturated rings. The number of phosphoric ester groups is 1. The summed E-state index contributed by atoms with van der Waals surface area (Å²) in [5.74, 6) is 1.59. The zero-order valence-electron chi connectivity index (χ0n) is 14.9. The summed E-state index contributed by atoms with van der Waals surface area (Å²) in [5.41, 5.74) is 4.72. The third-order valence-corrected chi connectivity index (χ3v) is 6.89. The van der Waals surface area contributed by atoms with Gasteiger partial charge < -0.3 is 30.5 Å². The summed E-state index contributed by atoms with van der Waals surface area (Å²) < 4.78 is 38.7. The molecule has 0 amide bonds. The number of aromatic nitrogens is 4. The van der Waals surface area contributed by atoms with Gasteiger partial charge in [0.25, 0.3) is 5.56 Å². The molecule has 0 saturated carbocycles. The smallest absolute Gasteiger partial charge is 0.387 e. The molecule has 1 aliphatic heterocycles. The Labute approximate surface area is 167 Å². The van der Waals surface area contributed by atoms with Crippen LogP contribution in [-0.2, 0) is 22.7 Å². The first-order chi connectivity index (χ1) is 13.9. The molecule has 3 heterocycles. The van der Waals surface area contributed by atoms with Crippen LogP contribution in [0.1, 0.15) is 6.23 Å². The van der Waals surface area contributed by atoms with E-state index < -0.39 is 58.3 Å². The highest BCUT2D eigenvalue weighted by atomic mass is 31.3. The predicted octanol–water partition coefficient (Wildman–Crippen LogP) is -1.73. The molecule has 30 heavy (non-hydrogen) atoms. The van der Waals surface area contributed by atoms with Crippen LogP contribution in [0.3, 0.4) is 0 Å². The molecule has 0 aromatic carbocycles. The highest BCUT2D eigenvalue weighted by Gasteiger charge is 2.46. The first kappa shape index (κ1) is 22.6. The number of hydrogen-bond acceptors (Lipinski definition) is 11. The quantitative estimate of drug-likeness (QED) is 0.197. The van der Waals surface area contributed by atoms with E-state index in [0.29, 0.717) is 0 Å². The third kappa shape index (κ3) is 4.62. The van der Waals surface area contributed by atoms with Gasteiger partial charge in [0, 0.05) is 0 Å². The zero-order chi connectivity index (χ0) is 22.3. The number of aliphatic hydroxyl groups excluding tert-OH is 2. The van der Waals surface area contributed by atoms with Crippen LogP contribution in [0.15, 0.2) is 11.1 Å². The van der Waals surface area contributed by atoms with Crippen LogP contribution in [-0.4, -0.2) is 70.6 Å². The van der Waals surface area contributed by atoms with Gasteiger partial charge in [0.1, 0.15) is 24.5 Å². The molecular weight excluding hydrogens is 448 g/mol. The van der Waals surface area contributed by atoms with Gasteiger partial charge in [-0.25, -0.2) is 13.9 Å². The molecule has 164 valence electrons. The van der Waals surface area contributed by atoms with Gasteiger partial charge in [-0.3, -0.25) is 23.4 Å². The molecule has 1 saturated heterocycles. The van der Waals surface area contributed by atoms with Gasteiger partial charge in [0.05, 0.1) is 12.9 Å². The van der Waals surface area contributed by atoms with Crippen molar-refractivity contribution in [3.8, 4) is 12.3 Å². The first-order valence-electron chi connectivity index (χ1n) is 8.12. The molecule has 2 aromatic rings. The van der Waals surface area contributed by atoms with E-state index in [0.717, 1.165) is 10.9 Å². The maximum absolute atomic E-state index is 11.9. The SMILES string of the molecule is C#CCP(=O)(O)OP(=O)(O)OCC1OC(n2cnc3c(=O)[nH]c(N)nc32)C(O)C1O. The van der Waals surface area contributed by atoms with E-state index in [9.17, 15) is 33.9 Å². The fraction of sp³-hybridized carbons (Fsp3) is 0.462. The number of nitrogens with zero attached hydrogens (tertiary/aromatic N) is 3. The summed E-state index contributed by atoms with van der Waals surface area (Å²) in [6.07, 6.45) is -0.706. The molecule has 0 aliphatic carbocycles. The van der Waals surface area contributed by atoms with Crippen LogP contribution in [0.5, 0.6) is 0 Å². The Balaban J connectivity index is 1.75. The second kappa shape index (κ2) is 8.20. The minimum atomic E-state index is -5.05. The van der Waals surface area contributed by atoms with Gasteiger partial charge >= 0.3 is 15.4 Å². The Morgan fingerprint density at radius 3 is 2.73 bits per heavy atom.